The van der Waals surface area contributed by atoms with E-state index in [1.54, 1.807) is 6.20 Å². The van der Waals surface area contributed by atoms with E-state index in [0.29, 0.717) is 5.71 Å². The van der Waals surface area contributed by atoms with Crippen LogP contribution < -0.4 is 0 Å². The van der Waals surface area contributed by atoms with Crippen LogP contribution in [0.1, 0.15) is 26.5 Å². The average molecular weight is 176 g/mol. The molecule has 0 bridgehead atoms. The highest BCUT2D eigenvalue weighted by molar-refractivity contribution is 5.72. The van der Waals surface area contributed by atoms with Crippen molar-refractivity contribution in [2.45, 2.75) is 26.2 Å². The molecule has 2 aromatic heterocycles. The van der Waals surface area contributed by atoms with Crippen LogP contribution in [0.15, 0.2) is 23.0 Å². The van der Waals surface area contributed by atoms with Crippen molar-refractivity contribution in [3.63, 3.8) is 0 Å². The van der Waals surface area contributed by atoms with Gasteiger partial charge in [0.2, 0.25) is 5.71 Å². The molecule has 3 nitrogen and oxygen atoms in total. The molecular weight excluding hydrogens is 164 g/mol. The highest BCUT2D eigenvalue weighted by Gasteiger charge is 2.18. The molecule has 2 heterocycles. The van der Waals surface area contributed by atoms with E-state index in [1.807, 2.05) is 6.07 Å². The maximum atomic E-state index is 5.58. The molecule has 0 aromatic carbocycles. The van der Waals surface area contributed by atoms with Crippen LogP contribution in [0.3, 0.4) is 0 Å². The van der Waals surface area contributed by atoms with Gasteiger partial charge in [0.25, 0.3) is 0 Å². The third-order valence-electron chi connectivity index (χ3n) is 1.93. The van der Waals surface area contributed by atoms with Crippen LogP contribution in [0.25, 0.3) is 11.1 Å². The van der Waals surface area contributed by atoms with E-state index in [4.69, 9.17) is 4.42 Å². The van der Waals surface area contributed by atoms with Crippen molar-refractivity contribution in [2.75, 3.05) is 0 Å². The number of aromatic nitrogens is 2. The van der Waals surface area contributed by atoms with Gasteiger partial charge in [-0.1, -0.05) is 20.8 Å². The summed E-state index contributed by atoms with van der Waals surface area (Å²) in [6.07, 6.45) is 3.26. The molecule has 68 valence electrons. The molecular formula is C10H12N2O. The summed E-state index contributed by atoms with van der Waals surface area (Å²) in [5.41, 5.74) is 0.695. The molecule has 0 atom stereocenters. The van der Waals surface area contributed by atoms with Crippen molar-refractivity contribution in [2.24, 2.45) is 0 Å². The second kappa shape index (κ2) is 2.55. The molecule has 0 saturated heterocycles. The van der Waals surface area contributed by atoms with Crippen LogP contribution in [0.4, 0.5) is 0 Å². The van der Waals surface area contributed by atoms with Gasteiger partial charge >= 0.3 is 0 Å². The second-order valence-electron chi connectivity index (χ2n) is 4.14. The molecule has 0 aliphatic rings. The number of hydrogen-bond donors (Lipinski definition) is 0. The summed E-state index contributed by atoms with van der Waals surface area (Å²) in [7, 11) is 0. The fraction of sp³-hybridized carbons (Fsp3) is 0.400. The largest absolute Gasteiger partial charge is 0.442 e. The van der Waals surface area contributed by atoms with E-state index in [9.17, 15) is 0 Å². The molecule has 0 unspecified atom stereocenters. The van der Waals surface area contributed by atoms with E-state index in [0.717, 1.165) is 11.1 Å². The molecule has 0 aliphatic heterocycles. The SMILES string of the molecule is CC(C)(C)c1cc2cncnc2o1. The summed E-state index contributed by atoms with van der Waals surface area (Å²) in [6, 6.07) is 2.00. The minimum Gasteiger partial charge on any atom is -0.442 e. The van der Waals surface area contributed by atoms with Gasteiger partial charge in [0.1, 0.15) is 12.1 Å². The van der Waals surface area contributed by atoms with Crippen molar-refractivity contribution < 1.29 is 4.42 Å². The normalized spacial score (nSPS) is 12.2. The highest BCUT2D eigenvalue weighted by Crippen LogP contribution is 2.27. The number of nitrogens with zero attached hydrogens (tertiary/aromatic N) is 2. The molecule has 3 heteroatoms. The standard InChI is InChI=1S/C10H12N2O/c1-10(2,3)8-4-7-5-11-6-12-9(7)13-8/h4-6H,1-3H3. The molecule has 0 radical (unpaired) electrons. The summed E-state index contributed by atoms with van der Waals surface area (Å²) >= 11 is 0. The van der Waals surface area contributed by atoms with Crippen LogP contribution in [0, 0.1) is 0 Å². The Morgan fingerprint density at radius 3 is 2.69 bits per heavy atom. The summed E-state index contributed by atoms with van der Waals surface area (Å²) in [5.74, 6) is 0.947. The molecule has 0 N–H and O–H groups in total. The summed E-state index contributed by atoms with van der Waals surface area (Å²) in [4.78, 5) is 7.97. The van der Waals surface area contributed by atoms with Gasteiger partial charge in [-0.05, 0) is 6.07 Å². The number of rotatable bonds is 0. The van der Waals surface area contributed by atoms with Gasteiger partial charge in [0, 0.05) is 11.6 Å². The van der Waals surface area contributed by atoms with Crippen molar-refractivity contribution in [3.05, 3.63) is 24.4 Å². The van der Waals surface area contributed by atoms with E-state index in [1.165, 1.54) is 6.33 Å². The Morgan fingerprint density at radius 2 is 2.08 bits per heavy atom. The lowest BCUT2D eigenvalue weighted by Crippen LogP contribution is -2.08. The first-order chi connectivity index (χ1) is 6.07. The Balaban J connectivity index is 2.63. The van der Waals surface area contributed by atoms with Gasteiger partial charge in [-0.2, -0.15) is 0 Å². The maximum absolute atomic E-state index is 5.58. The van der Waals surface area contributed by atoms with Gasteiger partial charge in [0.05, 0.1) is 5.39 Å². The Bertz CT molecular complexity index is 393. The van der Waals surface area contributed by atoms with Crippen molar-refractivity contribution in [1.29, 1.82) is 0 Å². The minimum absolute atomic E-state index is 0.0285. The fourth-order valence-corrected chi connectivity index (χ4v) is 1.16. The molecule has 0 spiro atoms. The number of furan rings is 1. The monoisotopic (exact) mass is 176 g/mol. The van der Waals surface area contributed by atoms with Crippen molar-refractivity contribution >= 4 is 11.1 Å². The van der Waals surface area contributed by atoms with Crippen molar-refractivity contribution in [1.82, 2.24) is 9.97 Å². The van der Waals surface area contributed by atoms with Crippen LogP contribution >= 0.6 is 0 Å². The Kier molecular flexibility index (Phi) is 1.62. The van der Waals surface area contributed by atoms with Crippen LogP contribution in [-0.4, -0.2) is 9.97 Å². The third-order valence-corrected chi connectivity index (χ3v) is 1.93. The van der Waals surface area contributed by atoms with Gasteiger partial charge in [-0.25, -0.2) is 9.97 Å². The number of fused-ring (bicyclic) bond motifs is 1. The summed E-state index contributed by atoms with van der Waals surface area (Å²) in [6.45, 7) is 6.33. The minimum atomic E-state index is 0.0285. The molecule has 2 rings (SSSR count). The Morgan fingerprint density at radius 1 is 1.31 bits per heavy atom. The van der Waals surface area contributed by atoms with E-state index < -0.39 is 0 Å². The summed E-state index contributed by atoms with van der Waals surface area (Å²) in [5, 5.41) is 0.965. The lowest BCUT2D eigenvalue weighted by Gasteiger charge is -2.13. The topological polar surface area (TPSA) is 38.9 Å². The van der Waals surface area contributed by atoms with Crippen LogP contribution in [0.2, 0.25) is 0 Å². The first kappa shape index (κ1) is 8.23. The van der Waals surface area contributed by atoms with E-state index in [-0.39, 0.29) is 5.41 Å². The lowest BCUT2D eigenvalue weighted by molar-refractivity contribution is 0.426. The molecule has 13 heavy (non-hydrogen) atoms. The average Bonchev–Trinajstić information content (AvgIpc) is 2.45. The maximum Gasteiger partial charge on any atom is 0.229 e. The molecule has 0 aliphatic carbocycles. The molecule has 2 aromatic rings. The molecule has 0 fully saturated rings. The van der Waals surface area contributed by atoms with Crippen LogP contribution in [0.5, 0.6) is 0 Å². The quantitative estimate of drug-likeness (QED) is 0.619. The molecule has 0 saturated carbocycles. The van der Waals surface area contributed by atoms with E-state index >= 15 is 0 Å². The zero-order chi connectivity index (χ0) is 9.47. The Hall–Kier alpha value is -1.38. The fourth-order valence-electron chi connectivity index (χ4n) is 1.16. The first-order valence-corrected chi connectivity index (χ1v) is 4.27. The summed E-state index contributed by atoms with van der Waals surface area (Å²) < 4.78 is 5.58. The van der Waals surface area contributed by atoms with Crippen molar-refractivity contribution in [3.8, 4) is 0 Å². The molecule has 0 amide bonds. The van der Waals surface area contributed by atoms with Gasteiger partial charge in [0.15, 0.2) is 0 Å². The van der Waals surface area contributed by atoms with Crippen LogP contribution in [-0.2, 0) is 5.41 Å². The smallest absolute Gasteiger partial charge is 0.229 e. The Labute approximate surface area is 76.8 Å². The lowest BCUT2D eigenvalue weighted by atomic mass is 9.93. The van der Waals surface area contributed by atoms with Gasteiger partial charge in [-0.3, -0.25) is 0 Å². The van der Waals surface area contributed by atoms with Gasteiger partial charge < -0.3 is 4.42 Å². The number of hydrogen-bond acceptors (Lipinski definition) is 3. The zero-order valence-electron chi connectivity index (χ0n) is 8.03. The predicted molar refractivity (Wildman–Crippen MR) is 50.5 cm³/mol. The highest BCUT2D eigenvalue weighted by atomic mass is 16.3. The first-order valence-electron chi connectivity index (χ1n) is 4.27. The second-order valence-corrected chi connectivity index (χ2v) is 4.14. The predicted octanol–water partition coefficient (Wildman–Crippen LogP) is 2.52. The van der Waals surface area contributed by atoms with Gasteiger partial charge in [-0.15, -0.1) is 0 Å². The third kappa shape index (κ3) is 1.41. The van der Waals surface area contributed by atoms with E-state index in [2.05, 4.69) is 30.7 Å². The zero-order valence-corrected chi connectivity index (χ0v) is 8.03.